The SMILES string of the molecule is COc1cc(NC(=O)OC(C)(C)C)ccc1CC(C)(C)CO. The fourth-order valence-corrected chi connectivity index (χ4v) is 1.96. The molecule has 0 saturated carbocycles. The molecular weight excluding hydrogens is 282 g/mol. The average molecular weight is 309 g/mol. The lowest BCUT2D eigenvalue weighted by molar-refractivity contribution is 0.0636. The zero-order valence-electron chi connectivity index (χ0n) is 14.3. The van der Waals surface area contributed by atoms with E-state index < -0.39 is 11.7 Å². The molecule has 5 heteroatoms. The lowest BCUT2D eigenvalue weighted by Crippen LogP contribution is -2.27. The van der Waals surface area contributed by atoms with Crippen LogP contribution in [-0.2, 0) is 11.2 Å². The summed E-state index contributed by atoms with van der Waals surface area (Å²) in [7, 11) is 1.59. The summed E-state index contributed by atoms with van der Waals surface area (Å²) in [5, 5.41) is 12.1. The van der Waals surface area contributed by atoms with Gasteiger partial charge in [0.25, 0.3) is 0 Å². The molecule has 0 fully saturated rings. The van der Waals surface area contributed by atoms with E-state index in [0.29, 0.717) is 17.9 Å². The number of rotatable bonds is 5. The number of aliphatic hydroxyl groups is 1. The quantitative estimate of drug-likeness (QED) is 0.872. The summed E-state index contributed by atoms with van der Waals surface area (Å²) in [6.07, 6.45) is 0.178. The molecule has 0 aliphatic rings. The standard InChI is InChI=1S/C17H27NO4/c1-16(2,3)22-15(20)18-13-8-7-12(14(9-13)21-6)10-17(4,5)11-19/h7-9,19H,10-11H2,1-6H3,(H,18,20). The summed E-state index contributed by atoms with van der Waals surface area (Å²) in [6, 6.07) is 5.45. The molecule has 22 heavy (non-hydrogen) atoms. The van der Waals surface area contributed by atoms with E-state index in [0.717, 1.165) is 5.56 Å². The molecule has 1 rings (SSSR count). The van der Waals surface area contributed by atoms with Crippen molar-refractivity contribution in [1.29, 1.82) is 0 Å². The topological polar surface area (TPSA) is 67.8 Å². The van der Waals surface area contributed by atoms with Gasteiger partial charge < -0.3 is 14.6 Å². The first-order chi connectivity index (χ1) is 10.1. The molecule has 5 nitrogen and oxygen atoms in total. The summed E-state index contributed by atoms with van der Waals surface area (Å²) in [6.45, 7) is 9.50. The Hall–Kier alpha value is -1.75. The third kappa shape index (κ3) is 5.93. The molecule has 0 aliphatic heterocycles. The Bertz CT molecular complexity index is 518. The van der Waals surface area contributed by atoms with E-state index >= 15 is 0 Å². The van der Waals surface area contributed by atoms with Crippen LogP contribution in [0.25, 0.3) is 0 Å². The smallest absolute Gasteiger partial charge is 0.412 e. The molecule has 124 valence electrons. The van der Waals surface area contributed by atoms with Gasteiger partial charge in [-0.05, 0) is 44.2 Å². The van der Waals surface area contributed by atoms with Crippen LogP contribution in [0.3, 0.4) is 0 Å². The fraction of sp³-hybridized carbons (Fsp3) is 0.588. The Balaban J connectivity index is 2.87. The van der Waals surface area contributed by atoms with Gasteiger partial charge in [0, 0.05) is 18.4 Å². The van der Waals surface area contributed by atoms with E-state index in [1.807, 2.05) is 40.7 Å². The van der Waals surface area contributed by atoms with E-state index in [1.165, 1.54) is 0 Å². The first kappa shape index (κ1) is 18.3. The second-order valence-corrected chi connectivity index (χ2v) is 7.15. The molecule has 0 spiro atoms. The summed E-state index contributed by atoms with van der Waals surface area (Å²) >= 11 is 0. The Kier molecular flexibility index (Phi) is 5.83. The number of hydrogen-bond donors (Lipinski definition) is 2. The molecule has 2 N–H and O–H groups in total. The van der Waals surface area contributed by atoms with E-state index in [2.05, 4.69) is 5.32 Å². The van der Waals surface area contributed by atoms with Crippen molar-refractivity contribution in [3.05, 3.63) is 23.8 Å². The summed E-state index contributed by atoms with van der Waals surface area (Å²) < 4.78 is 10.6. The molecule has 1 amide bonds. The van der Waals surface area contributed by atoms with Crippen LogP contribution in [-0.4, -0.2) is 30.5 Å². The molecule has 0 radical (unpaired) electrons. The monoisotopic (exact) mass is 309 g/mol. The number of benzene rings is 1. The highest BCUT2D eigenvalue weighted by Gasteiger charge is 2.20. The number of carbonyl (C=O) groups excluding carboxylic acids is 1. The van der Waals surface area contributed by atoms with E-state index in [1.54, 1.807) is 19.2 Å². The number of hydrogen-bond acceptors (Lipinski definition) is 4. The van der Waals surface area contributed by atoms with Crippen molar-refractivity contribution in [2.24, 2.45) is 5.41 Å². The lowest BCUT2D eigenvalue weighted by Gasteiger charge is -2.23. The van der Waals surface area contributed by atoms with Crippen molar-refractivity contribution in [2.45, 2.75) is 46.6 Å². The van der Waals surface area contributed by atoms with Gasteiger partial charge in [0.05, 0.1) is 7.11 Å². The van der Waals surface area contributed by atoms with Gasteiger partial charge in [-0.3, -0.25) is 5.32 Å². The molecule has 0 unspecified atom stereocenters. The number of amides is 1. The van der Waals surface area contributed by atoms with E-state index in [-0.39, 0.29) is 12.0 Å². The van der Waals surface area contributed by atoms with Gasteiger partial charge in [0.2, 0.25) is 0 Å². The zero-order chi connectivity index (χ0) is 17.0. The maximum Gasteiger partial charge on any atom is 0.412 e. The highest BCUT2D eigenvalue weighted by atomic mass is 16.6. The van der Waals surface area contributed by atoms with Gasteiger partial charge in [-0.2, -0.15) is 0 Å². The summed E-state index contributed by atoms with van der Waals surface area (Å²) in [4.78, 5) is 11.8. The number of methoxy groups -OCH3 is 1. The second kappa shape index (κ2) is 7.01. The van der Waals surface area contributed by atoms with Crippen LogP contribution in [0.2, 0.25) is 0 Å². The number of carbonyl (C=O) groups is 1. The number of ether oxygens (including phenoxy) is 2. The largest absolute Gasteiger partial charge is 0.496 e. The van der Waals surface area contributed by atoms with Crippen LogP contribution in [0.1, 0.15) is 40.2 Å². The predicted molar refractivity (Wildman–Crippen MR) is 87.4 cm³/mol. The average Bonchev–Trinajstić information content (AvgIpc) is 2.38. The predicted octanol–water partition coefficient (Wildman–Crippen LogP) is 3.60. The fourth-order valence-electron chi connectivity index (χ4n) is 1.96. The third-order valence-corrected chi connectivity index (χ3v) is 3.03. The van der Waals surface area contributed by atoms with Gasteiger partial charge in [0.15, 0.2) is 0 Å². The van der Waals surface area contributed by atoms with Crippen molar-refractivity contribution in [3.8, 4) is 5.75 Å². The first-order valence-electron chi connectivity index (χ1n) is 7.34. The minimum absolute atomic E-state index is 0.0913. The molecular formula is C17H27NO4. The molecule has 0 aliphatic carbocycles. The number of nitrogens with one attached hydrogen (secondary N) is 1. The normalized spacial score (nSPS) is 12.0. The maximum absolute atomic E-state index is 11.8. The Morgan fingerprint density at radius 1 is 1.23 bits per heavy atom. The highest BCUT2D eigenvalue weighted by molar-refractivity contribution is 5.85. The molecule has 1 aromatic carbocycles. The van der Waals surface area contributed by atoms with Gasteiger partial charge in [-0.25, -0.2) is 4.79 Å². The van der Waals surface area contributed by atoms with Crippen LogP contribution >= 0.6 is 0 Å². The minimum atomic E-state index is -0.542. The van der Waals surface area contributed by atoms with Crippen molar-refractivity contribution in [3.63, 3.8) is 0 Å². The van der Waals surface area contributed by atoms with Crippen LogP contribution < -0.4 is 10.1 Å². The Labute approximate surface area is 132 Å². The number of aliphatic hydroxyl groups excluding tert-OH is 1. The van der Waals surface area contributed by atoms with Crippen LogP contribution in [0, 0.1) is 5.41 Å². The molecule has 0 bridgehead atoms. The Morgan fingerprint density at radius 3 is 2.36 bits per heavy atom. The van der Waals surface area contributed by atoms with Crippen molar-refractivity contribution < 1.29 is 19.4 Å². The lowest BCUT2D eigenvalue weighted by atomic mass is 9.86. The van der Waals surface area contributed by atoms with Crippen LogP contribution in [0.5, 0.6) is 5.75 Å². The van der Waals surface area contributed by atoms with Gasteiger partial charge in [-0.1, -0.05) is 19.9 Å². The number of anilines is 1. The molecule has 0 heterocycles. The summed E-state index contributed by atoms with van der Waals surface area (Å²) in [5.74, 6) is 0.676. The van der Waals surface area contributed by atoms with Gasteiger partial charge >= 0.3 is 6.09 Å². The van der Waals surface area contributed by atoms with Gasteiger partial charge in [-0.15, -0.1) is 0 Å². The third-order valence-electron chi connectivity index (χ3n) is 3.03. The molecule has 0 atom stereocenters. The van der Waals surface area contributed by atoms with E-state index in [9.17, 15) is 9.90 Å². The second-order valence-electron chi connectivity index (χ2n) is 7.15. The highest BCUT2D eigenvalue weighted by Crippen LogP contribution is 2.30. The van der Waals surface area contributed by atoms with E-state index in [4.69, 9.17) is 9.47 Å². The van der Waals surface area contributed by atoms with Crippen molar-refractivity contribution >= 4 is 11.8 Å². The zero-order valence-corrected chi connectivity index (χ0v) is 14.3. The molecule has 0 aromatic heterocycles. The van der Waals surface area contributed by atoms with Crippen molar-refractivity contribution in [1.82, 2.24) is 0 Å². The van der Waals surface area contributed by atoms with Crippen molar-refractivity contribution in [2.75, 3.05) is 19.0 Å². The first-order valence-corrected chi connectivity index (χ1v) is 7.34. The maximum atomic E-state index is 11.8. The minimum Gasteiger partial charge on any atom is -0.496 e. The van der Waals surface area contributed by atoms with Gasteiger partial charge in [0.1, 0.15) is 11.4 Å². The summed E-state index contributed by atoms with van der Waals surface area (Å²) in [5.41, 5.74) is 0.820. The molecule has 1 aromatic rings. The van der Waals surface area contributed by atoms with Crippen LogP contribution in [0.15, 0.2) is 18.2 Å². The molecule has 0 saturated heterocycles. The Morgan fingerprint density at radius 2 is 1.86 bits per heavy atom. The van der Waals surface area contributed by atoms with Crippen LogP contribution in [0.4, 0.5) is 10.5 Å².